The summed E-state index contributed by atoms with van der Waals surface area (Å²) in [5.41, 5.74) is 8.97. The van der Waals surface area contributed by atoms with Gasteiger partial charge in [0.1, 0.15) is 0 Å². The Balaban J connectivity index is 1.49. The molecule has 148 valence electrons. The van der Waals surface area contributed by atoms with Crippen LogP contribution in [-0.2, 0) is 0 Å². The summed E-state index contributed by atoms with van der Waals surface area (Å²) in [6.07, 6.45) is 1.82. The SMILES string of the molecule is c1ccc(-c2cc(Nc3ccc(-c4ccccn4)cc3)cc(-c3ccccc3)c2)cc1. The Kier molecular flexibility index (Phi) is 5.27. The molecule has 4 aromatic carbocycles. The molecular formula is C29H22N2. The maximum atomic E-state index is 4.43. The van der Waals surface area contributed by atoms with Crippen LogP contribution in [0.5, 0.6) is 0 Å². The third kappa shape index (κ3) is 4.39. The largest absolute Gasteiger partial charge is 0.355 e. The second-order valence-electron chi connectivity index (χ2n) is 7.45. The van der Waals surface area contributed by atoms with Crippen molar-refractivity contribution in [3.8, 4) is 33.5 Å². The van der Waals surface area contributed by atoms with Crippen LogP contribution in [0.1, 0.15) is 0 Å². The summed E-state index contributed by atoms with van der Waals surface area (Å²) in [7, 11) is 0. The first kappa shape index (κ1) is 18.8. The lowest BCUT2D eigenvalue weighted by molar-refractivity contribution is 1.33. The zero-order chi connectivity index (χ0) is 20.9. The molecule has 0 saturated carbocycles. The highest BCUT2D eigenvalue weighted by Gasteiger charge is 2.06. The fourth-order valence-corrected chi connectivity index (χ4v) is 3.72. The topological polar surface area (TPSA) is 24.9 Å². The second kappa shape index (κ2) is 8.68. The Morgan fingerprint density at radius 2 is 1.00 bits per heavy atom. The normalized spacial score (nSPS) is 10.6. The molecule has 0 unspecified atom stereocenters. The van der Waals surface area contributed by atoms with Crippen LogP contribution in [-0.4, -0.2) is 4.98 Å². The highest BCUT2D eigenvalue weighted by atomic mass is 14.9. The summed E-state index contributed by atoms with van der Waals surface area (Å²) < 4.78 is 0. The molecule has 5 rings (SSSR count). The minimum atomic E-state index is 0.978. The number of benzene rings is 4. The van der Waals surface area contributed by atoms with Crippen LogP contribution in [0.2, 0.25) is 0 Å². The fourth-order valence-electron chi connectivity index (χ4n) is 3.72. The third-order valence-electron chi connectivity index (χ3n) is 5.28. The lowest BCUT2D eigenvalue weighted by atomic mass is 9.98. The molecule has 1 aromatic heterocycles. The van der Waals surface area contributed by atoms with Gasteiger partial charge in [-0.3, -0.25) is 4.98 Å². The summed E-state index contributed by atoms with van der Waals surface area (Å²) in [5, 5.41) is 3.58. The first-order valence-corrected chi connectivity index (χ1v) is 10.4. The standard InChI is InChI=1S/C29H22N2/c1-3-9-22(10-4-1)25-19-26(23-11-5-2-6-12-23)21-28(20-25)31-27-16-14-24(15-17-27)29-13-7-8-18-30-29/h1-21,31H. The van der Waals surface area contributed by atoms with Crippen molar-refractivity contribution < 1.29 is 0 Å². The van der Waals surface area contributed by atoms with E-state index >= 15 is 0 Å². The number of anilines is 2. The van der Waals surface area contributed by atoms with Crippen molar-refractivity contribution in [2.45, 2.75) is 0 Å². The Bertz CT molecular complexity index is 1210. The van der Waals surface area contributed by atoms with Crippen molar-refractivity contribution in [3.05, 3.63) is 128 Å². The molecule has 0 aliphatic carbocycles. The molecule has 0 spiro atoms. The van der Waals surface area contributed by atoms with Crippen LogP contribution < -0.4 is 5.32 Å². The molecule has 0 aliphatic rings. The molecule has 31 heavy (non-hydrogen) atoms. The Labute approximate surface area is 182 Å². The van der Waals surface area contributed by atoms with E-state index in [0.29, 0.717) is 0 Å². The van der Waals surface area contributed by atoms with Crippen molar-refractivity contribution >= 4 is 11.4 Å². The first-order valence-electron chi connectivity index (χ1n) is 10.4. The van der Waals surface area contributed by atoms with Gasteiger partial charge in [-0.1, -0.05) is 78.9 Å². The zero-order valence-electron chi connectivity index (χ0n) is 17.1. The van der Waals surface area contributed by atoms with Gasteiger partial charge in [0.2, 0.25) is 0 Å². The molecule has 0 bridgehead atoms. The lowest BCUT2D eigenvalue weighted by Gasteiger charge is -2.13. The fraction of sp³-hybridized carbons (Fsp3) is 0. The van der Waals surface area contributed by atoms with Crippen LogP contribution in [0.25, 0.3) is 33.5 Å². The van der Waals surface area contributed by atoms with Gasteiger partial charge in [0.15, 0.2) is 0 Å². The van der Waals surface area contributed by atoms with Gasteiger partial charge >= 0.3 is 0 Å². The van der Waals surface area contributed by atoms with E-state index in [2.05, 4.69) is 101 Å². The summed E-state index contributed by atoms with van der Waals surface area (Å²) in [4.78, 5) is 4.43. The summed E-state index contributed by atoms with van der Waals surface area (Å²) >= 11 is 0. The minimum Gasteiger partial charge on any atom is -0.355 e. The van der Waals surface area contributed by atoms with Crippen LogP contribution in [0, 0.1) is 0 Å². The Morgan fingerprint density at radius 1 is 0.419 bits per heavy atom. The highest BCUT2D eigenvalue weighted by molar-refractivity contribution is 5.80. The van der Waals surface area contributed by atoms with Crippen molar-refractivity contribution in [1.29, 1.82) is 0 Å². The maximum absolute atomic E-state index is 4.43. The minimum absolute atomic E-state index is 0.978. The van der Waals surface area contributed by atoms with Crippen molar-refractivity contribution in [2.75, 3.05) is 5.32 Å². The predicted molar refractivity (Wildman–Crippen MR) is 130 cm³/mol. The number of aromatic nitrogens is 1. The van der Waals surface area contributed by atoms with Gasteiger partial charge in [0.25, 0.3) is 0 Å². The van der Waals surface area contributed by atoms with E-state index in [-0.39, 0.29) is 0 Å². The highest BCUT2D eigenvalue weighted by Crippen LogP contribution is 2.32. The molecule has 5 aromatic rings. The average Bonchev–Trinajstić information content (AvgIpc) is 2.86. The van der Waals surface area contributed by atoms with E-state index in [1.807, 2.05) is 36.5 Å². The van der Waals surface area contributed by atoms with Crippen LogP contribution >= 0.6 is 0 Å². The van der Waals surface area contributed by atoms with Crippen molar-refractivity contribution in [3.63, 3.8) is 0 Å². The molecule has 0 aliphatic heterocycles. The second-order valence-corrected chi connectivity index (χ2v) is 7.45. The molecule has 0 atom stereocenters. The van der Waals surface area contributed by atoms with E-state index < -0.39 is 0 Å². The third-order valence-corrected chi connectivity index (χ3v) is 5.28. The Hall–Kier alpha value is -4.17. The van der Waals surface area contributed by atoms with Gasteiger partial charge in [-0.25, -0.2) is 0 Å². The Morgan fingerprint density at radius 3 is 1.55 bits per heavy atom. The summed E-state index contributed by atoms with van der Waals surface area (Å²) in [6.45, 7) is 0. The summed E-state index contributed by atoms with van der Waals surface area (Å²) in [5.74, 6) is 0. The molecule has 0 radical (unpaired) electrons. The monoisotopic (exact) mass is 398 g/mol. The van der Waals surface area contributed by atoms with Crippen LogP contribution in [0.4, 0.5) is 11.4 Å². The first-order chi connectivity index (χ1) is 15.3. The molecule has 1 heterocycles. The van der Waals surface area contributed by atoms with Gasteiger partial charge in [-0.05, 0) is 64.7 Å². The van der Waals surface area contributed by atoms with Crippen LogP contribution in [0.15, 0.2) is 128 Å². The molecule has 0 saturated heterocycles. The van der Waals surface area contributed by atoms with E-state index in [4.69, 9.17) is 0 Å². The van der Waals surface area contributed by atoms with E-state index in [0.717, 1.165) is 22.6 Å². The quantitative estimate of drug-likeness (QED) is 0.326. The molecular weight excluding hydrogens is 376 g/mol. The molecule has 0 amide bonds. The number of pyridine rings is 1. The molecule has 0 fully saturated rings. The number of nitrogens with one attached hydrogen (secondary N) is 1. The van der Waals surface area contributed by atoms with E-state index in [9.17, 15) is 0 Å². The van der Waals surface area contributed by atoms with Crippen LogP contribution in [0.3, 0.4) is 0 Å². The number of rotatable bonds is 5. The van der Waals surface area contributed by atoms with Crippen molar-refractivity contribution in [2.24, 2.45) is 0 Å². The van der Waals surface area contributed by atoms with Gasteiger partial charge in [0.05, 0.1) is 5.69 Å². The predicted octanol–water partition coefficient (Wildman–Crippen LogP) is 7.83. The van der Waals surface area contributed by atoms with Gasteiger partial charge in [0, 0.05) is 23.1 Å². The maximum Gasteiger partial charge on any atom is 0.0701 e. The molecule has 2 nitrogen and oxygen atoms in total. The molecule has 1 N–H and O–H groups in total. The zero-order valence-corrected chi connectivity index (χ0v) is 17.1. The molecule has 2 heteroatoms. The number of hydrogen-bond donors (Lipinski definition) is 1. The summed E-state index contributed by atoms with van der Waals surface area (Å²) in [6, 6.07) is 42.0. The number of hydrogen-bond acceptors (Lipinski definition) is 2. The van der Waals surface area contributed by atoms with Crippen molar-refractivity contribution in [1.82, 2.24) is 4.98 Å². The van der Waals surface area contributed by atoms with E-state index in [1.54, 1.807) is 0 Å². The van der Waals surface area contributed by atoms with Gasteiger partial charge in [-0.15, -0.1) is 0 Å². The smallest absolute Gasteiger partial charge is 0.0701 e. The van der Waals surface area contributed by atoms with Gasteiger partial charge < -0.3 is 5.32 Å². The van der Waals surface area contributed by atoms with Gasteiger partial charge in [-0.2, -0.15) is 0 Å². The average molecular weight is 399 g/mol. The number of nitrogens with zero attached hydrogens (tertiary/aromatic N) is 1. The van der Waals surface area contributed by atoms with E-state index in [1.165, 1.54) is 22.3 Å². The lowest BCUT2D eigenvalue weighted by Crippen LogP contribution is -1.93.